The molecule has 0 radical (unpaired) electrons. The van der Waals surface area contributed by atoms with Crippen LogP contribution in [0.4, 0.5) is 4.39 Å². The summed E-state index contributed by atoms with van der Waals surface area (Å²) in [6, 6.07) is 14.0. The molecule has 0 saturated heterocycles. The lowest BCUT2D eigenvalue weighted by Gasteiger charge is -2.22. The molecule has 2 heterocycles. The number of aromatic nitrogens is 2. The Morgan fingerprint density at radius 2 is 2.07 bits per heavy atom. The molecule has 1 aliphatic heterocycles. The van der Waals surface area contributed by atoms with Crippen molar-refractivity contribution < 1.29 is 19.0 Å². The molecule has 29 heavy (non-hydrogen) atoms. The van der Waals surface area contributed by atoms with E-state index in [0.29, 0.717) is 25.3 Å². The lowest BCUT2D eigenvalue weighted by molar-refractivity contribution is -0.121. The Morgan fingerprint density at radius 3 is 2.86 bits per heavy atom. The van der Waals surface area contributed by atoms with Crippen molar-refractivity contribution >= 4 is 5.91 Å². The van der Waals surface area contributed by atoms with E-state index in [2.05, 4.69) is 22.5 Å². The molecular formula is C22H22FN3O3. The normalized spacial score (nSPS) is 15.7. The minimum Gasteiger partial charge on any atom is -0.505 e. The van der Waals surface area contributed by atoms with Crippen molar-refractivity contribution in [3.63, 3.8) is 0 Å². The Morgan fingerprint density at radius 1 is 1.24 bits per heavy atom. The van der Waals surface area contributed by atoms with E-state index >= 15 is 0 Å². The van der Waals surface area contributed by atoms with E-state index in [0.717, 1.165) is 23.7 Å². The van der Waals surface area contributed by atoms with E-state index in [4.69, 9.17) is 4.74 Å². The summed E-state index contributed by atoms with van der Waals surface area (Å²) in [6.07, 6.45) is 2.55. The predicted molar refractivity (Wildman–Crippen MR) is 105 cm³/mol. The van der Waals surface area contributed by atoms with Gasteiger partial charge in [0.15, 0.2) is 11.6 Å². The number of carbonyl (C=O) groups excluding carboxylic acids is 1. The fraction of sp³-hybridized carbons (Fsp3) is 0.273. The van der Waals surface area contributed by atoms with Gasteiger partial charge in [0.1, 0.15) is 6.10 Å². The lowest BCUT2D eigenvalue weighted by atomic mass is 10.1. The summed E-state index contributed by atoms with van der Waals surface area (Å²) in [5.41, 5.74) is 3.64. The van der Waals surface area contributed by atoms with Gasteiger partial charge in [-0.25, -0.2) is 4.39 Å². The highest BCUT2D eigenvalue weighted by Gasteiger charge is 2.25. The number of nitrogens with one attached hydrogen (secondary N) is 1. The van der Waals surface area contributed by atoms with E-state index < -0.39 is 11.6 Å². The van der Waals surface area contributed by atoms with Gasteiger partial charge in [-0.2, -0.15) is 5.10 Å². The topological polar surface area (TPSA) is 76.4 Å². The SMILES string of the molecule is O=C(Cc1ccc(O)c(F)c1)NC[C@@H]1OCCc2cn(Cc3ccccc3)nc21. The highest BCUT2D eigenvalue weighted by Crippen LogP contribution is 2.25. The monoisotopic (exact) mass is 395 g/mol. The van der Waals surface area contributed by atoms with Crippen LogP contribution in [0.2, 0.25) is 0 Å². The van der Waals surface area contributed by atoms with Crippen LogP contribution in [0.15, 0.2) is 54.7 Å². The Kier molecular flexibility index (Phi) is 5.57. The van der Waals surface area contributed by atoms with Crippen LogP contribution in [0, 0.1) is 5.82 Å². The number of halogens is 1. The number of ether oxygens (including phenoxy) is 1. The van der Waals surface area contributed by atoms with Crippen molar-refractivity contribution in [3.05, 3.63) is 82.9 Å². The van der Waals surface area contributed by atoms with Gasteiger partial charge in [-0.1, -0.05) is 36.4 Å². The van der Waals surface area contributed by atoms with Crippen LogP contribution < -0.4 is 5.32 Å². The fourth-order valence-corrected chi connectivity index (χ4v) is 3.45. The van der Waals surface area contributed by atoms with Crippen molar-refractivity contribution in [2.24, 2.45) is 0 Å². The van der Waals surface area contributed by atoms with Crippen LogP contribution in [0.3, 0.4) is 0 Å². The van der Waals surface area contributed by atoms with Crippen LogP contribution in [0.1, 0.15) is 28.5 Å². The number of nitrogens with zero attached hydrogens (tertiary/aromatic N) is 2. The number of phenols is 1. The molecule has 3 aromatic rings. The summed E-state index contributed by atoms with van der Waals surface area (Å²) in [4.78, 5) is 12.2. The quantitative estimate of drug-likeness (QED) is 0.673. The van der Waals surface area contributed by atoms with E-state index in [1.54, 1.807) is 0 Å². The zero-order valence-electron chi connectivity index (χ0n) is 15.8. The number of phenolic OH excluding ortho intramolecular Hbond substituents is 1. The molecule has 1 atom stereocenters. The highest BCUT2D eigenvalue weighted by atomic mass is 19.1. The molecule has 1 aromatic heterocycles. The molecule has 0 aliphatic carbocycles. The van der Waals surface area contributed by atoms with Crippen molar-refractivity contribution in [2.45, 2.75) is 25.5 Å². The number of amides is 1. The van der Waals surface area contributed by atoms with Crippen molar-refractivity contribution in [1.29, 1.82) is 0 Å². The molecule has 150 valence electrons. The summed E-state index contributed by atoms with van der Waals surface area (Å²) in [5.74, 6) is -1.41. The first-order valence-corrected chi connectivity index (χ1v) is 9.54. The standard InChI is InChI=1S/C22H22FN3O3/c23-18-10-16(6-7-19(18)27)11-21(28)24-12-20-22-17(8-9-29-20)14-26(25-22)13-15-4-2-1-3-5-15/h1-7,10,14,20,27H,8-9,11-13H2,(H,24,28)/t20-/m0/s1. The average Bonchev–Trinajstić information content (AvgIpc) is 3.13. The van der Waals surface area contributed by atoms with E-state index in [-0.39, 0.29) is 18.4 Å². The molecule has 7 heteroatoms. The van der Waals surface area contributed by atoms with Crippen molar-refractivity contribution in [1.82, 2.24) is 15.1 Å². The van der Waals surface area contributed by atoms with Gasteiger partial charge >= 0.3 is 0 Å². The van der Waals surface area contributed by atoms with Gasteiger partial charge in [-0.15, -0.1) is 0 Å². The summed E-state index contributed by atoms with van der Waals surface area (Å²) in [6.45, 7) is 1.56. The first-order chi connectivity index (χ1) is 14.1. The molecule has 6 nitrogen and oxygen atoms in total. The van der Waals surface area contributed by atoms with Gasteiger partial charge in [0.2, 0.25) is 5.91 Å². The van der Waals surface area contributed by atoms with Crippen molar-refractivity contribution in [3.8, 4) is 5.75 Å². The van der Waals surface area contributed by atoms with Crippen molar-refractivity contribution in [2.75, 3.05) is 13.2 Å². The molecule has 1 aliphatic rings. The number of benzene rings is 2. The van der Waals surface area contributed by atoms with Crippen LogP contribution in [-0.2, 0) is 28.9 Å². The molecule has 2 aromatic carbocycles. The number of rotatable bonds is 6. The number of fused-ring (bicyclic) bond motifs is 1. The Hall–Kier alpha value is -3.19. The number of carbonyl (C=O) groups is 1. The molecular weight excluding hydrogens is 373 g/mol. The third-order valence-electron chi connectivity index (χ3n) is 4.91. The molecule has 1 amide bonds. The first-order valence-electron chi connectivity index (χ1n) is 9.54. The van der Waals surface area contributed by atoms with Crippen LogP contribution >= 0.6 is 0 Å². The molecule has 0 bridgehead atoms. The fourth-order valence-electron chi connectivity index (χ4n) is 3.45. The molecule has 0 fully saturated rings. The Labute approximate surface area is 167 Å². The zero-order chi connectivity index (χ0) is 20.2. The second-order valence-electron chi connectivity index (χ2n) is 7.10. The molecule has 4 rings (SSSR count). The van der Waals surface area contributed by atoms with Gasteiger partial charge < -0.3 is 15.2 Å². The second kappa shape index (κ2) is 8.45. The highest BCUT2D eigenvalue weighted by molar-refractivity contribution is 5.78. The first kappa shape index (κ1) is 19.1. The van der Waals surface area contributed by atoms with E-state index in [9.17, 15) is 14.3 Å². The van der Waals surface area contributed by atoms with Gasteiger partial charge in [0, 0.05) is 12.7 Å². The number of hydrogen-bond donors (Lipinski definition) is 2. The van der Waals surface area contributed by atoms with Crippen LogP contribution in [0.25, 0.3) is 0 Å². The third kappa shape index (κ3) is 4.63. The summed E-state index contributed by atoms with van der Waals surface area (Å²) in [5, 5.41) is 16.7. The number of aromatic hydroxyl groups is 1. The van der Waals surface area contributed by atoms with Gasteiger partial charge in [0.05, 0.1) is 25.3 Å². The maximum Gasteiger partial charge on any atom is 0.224 e. The maximum absolute atomic E-state index is 13.4. The molecule has 0 unspecified atom stereocenters. The van der Waals surface area contributed by atoms with E-state index in [1.165, 1.54) is 17.7 Å². The van der Waals surface area contributed by atoms with Crippen LogP contribution in [0.5, 0.6) is 5.75 Å². The van der Waals surface area contributed by atoms with E-state index in [1.807, 2.05) is 29.1 Å². The number of hydrogen-bond acceptors (Lipinski definition) is 4. The average molecular weight is 395 g/mol. The molecule has 0 saturated carbocycles. The lowest BCUT2D eigenvalue weighted by Crippen LogP contribution is -2.32. The second-order valence-corrected chi connectivity index (χ2v) is 7.10. The minimum atomic E-state index is -0.737. The summed E-state index contributed by atoms with van der Waals surface area (Å²) >= 11 is 0. The smallest absolute Gasteiger partial charge is 0.224 e. The molecule has 2 N–H and O–H groups in total. The third-order valence-corrected chi connectivity index (χ3v) is 4.91. The van der Waals surface area contributed by atoms with Gasteiger partial charge in [-0.05, 0) is 35.2 Å². The predicted octanol–water partition coefficient (Wildman–Crippen LogP) is 2.75. The summed E-state index contributed by atoms with van der Waals surface area (Å²) < 4.78 is 21.1. The summed E-state index contributed by atoms with van der Waals surface area (Å²) in [7, 11) is 0. The Balaban J connectivity index is 1.37. The largest absolute Gasteiger partial charge is 0.505 e. The zero-order valence-corrected chi connectivity index (χ0v) is 15.8. The molecule has 0 spiro atoms. The van der Waals surface area contributed by atoms with Gasteiger partial charge in [0.25, 0.3) is 0 Å². The van der Waals surface area contributed by atoms with Gasteiger partial charge in [-0.3, -0.25) is 9.48 Å². The Bertz CT molecular complexity index is 1000. The van der Waals surface area contributed by atoms with Crippen LogP contribution in [-0.4, -0.2) is 33.9 Å². The maximum atomic E-state index is 13.4. The minimum absolute atomic E-state index is 0.0270.